The Balaban J connectivity index is 2.29. The number of thiazole rings is 1. The second-order valence-electron chi connectivity index (χ2n) is 5.23. The molecule has 1 N–H and O–H groups in total. The Bertz CT molecular complexity index is 522. The van der Waals surface area contributed by atoms with Crippen LogP contribution in [0.3, 0.4) is 0 Å². The Morgan fingerprint density at radius 1 is 1.41 bits per heavy atom. The van der Waals surface area contributed by atoms with E-state index in [-0.39, 0.29) is 5.54 Å². The molecule has 0 saturated heterocycles. The molecule has 0 aliphatic carbocycles. The van der Waals surface area contributed by atoms with Crippen LogP contribution < -0.4 is 5.32 Å². The highest BCUT2D eigenvalue weighted by atomic mass is 32.1. The molecule has 0 aliphatic heterocycles. The molecule has 0 bridgehead atoms. The van der Waals surface area contributed by atoms with Crippen LogP contribution in [0.1, 0.15) is 44.3 Å². The van der Waals surface area contributed by atoms with Crippen molar-refractivity contribution in [1.82, 2.24) is 14.7 Å². The van der Waals surface area contributed by atoms with Crippen molar-refractivity contribution in [3.63, 3.8) is 0 Å². The topological polar surface area (TPSA) is 29.3 Å². The van der Waals surface area contributed by atoms with Gasteiger partial charge in [0, 0.05) is 23.2 Å². The average molecular weight is 251 g/mol. The Morgan fingerprint density at radius 2 is 2.12 bits per heavy atom. The van der Waals surface area contributed by atoms with Crippen LogP contribution in [0.4, 0.5) is 0 Å². The quantitative estimate of drug-likeness (QED) is 0.903. The van der Waals surface area contributed by atoms with Crippen molar-refractivity contribution in [2.75, 3.05) is 0 Å². The molecule has 2 aromatic rings. The third-order valence-electron chi connectivity index (χ3n) is 3.45. The van der Waals surface area contributed by atoms with E-state index in [9.17, 15) is 0 Å². The van der Waals surface area contributed by atoms with Crippen LogP contribution in [-0.2, 0) is 6.54 Å². The predicted molar refractivity (Wildman–Crippen MR) is 73.8 cm³/mol. The fraction of sp³-hybridized carbons (Fsp3) is 0.615. The highest BCUT2D eigenvalue weighted by Crippen LogP contribution is 2.21. The number of rotatable bonds is 4. The minimum Gasteiger partial charge on any atom is -0.306 e. The molecule has 17 heavy (non-hydrogen) atoms. The van der Waals surface area contributed by atoms with Crippen molar-refractivity contribution in [3.05, 3.63) is 22.5 Å². The summed E-state index contributed by atoms with van der Waals surface area (Å²) in [7, 11) is 0. The summed E-state index contributed by atoms with van der Waals surface area (Å²) in [6.07, 6.45) is 1.12. The van der Waals surface area contributed by atoms with Gasteiger partial charge in [0.2, 0.25) is 0 Å². The molecule has 4 heteroatoms. The van der Waals surface area contributed by atoms with E-state index in [0.717, 1.165) is 23.6 Å². The molecule has 0 fully saturated rings. The molecule has 0 atom stereocenters. The maximum Gasteiger partial charge on any atom is 0.194 e. The Hall–Kier alpha value is -0.870. The maximum absolute atomic E-state index is 4.60. The summed E-state index contributed by atoms with van der Waals surface area (Å²) < 4.78 is 2.26. The van der Waals surface area contributed by atoms with Gasteiger partial charge in [0.15, 0.2) is 4.96 Å². The van der Waals surface area contributed by atoms with Crippen LogP contribution in [0.5, 0.6) is 0 Å². The largest absolute Gasteiger partial charge is 0.306 e. The highest BCUT2D eigenvalue weighted by Gasteiger charge is 2.17. The van der Waals surface area contributed by atoms with E-state index in [0.29, 0.717) is 0 Å². The smallest absolute Gasteiger partial charge is 0.194 e. The van der Waals surface area contributed by atoms with Crippen LogP contribution in [0, 0.1) is 13.8 Å². The number of hydrogen-bond acceptors (Lipinski definition) is 3. The van der Waals surface area contributed by atoms with E-state index in [1.165, 1.54) is 11.4 Å². The molecule has 2 heterocycles. The Morgan fingerprint density at radius 3 is 2.76 bits per heavy atom. The van der Waals surface area contributed by atoms with Crippen LogP contribution in [-0.4, -0.2) is 14.9 Å². The molecule has 0 spiro atoms. The van der Waals surface area contributed by atoms with Crippen molar-refractivity contribution in [2.24, 2.45) is 0 Å². The number of aromatic nitrogens is 2. The third kappa shape index (κ3) is 2.38. The number of imidazole rings is 1. The molecule has 2 aromatic heterocycles. The SMILES string of the molecule is CCC(C)(C)NCc1c(C)nc2scc(C)n12. The monoisotopic (exact) mass is 251 g/mol. The normalized spacial score (nSPS) is 12.5. The van der Waals surface area contributed by atoms with Crippen LogP contribution in [0.2, 0.25) is 0 Å². The molecule has 0 aliphatic rings. The van der Waals surface area contributed by atoms with Gasteiger partial charge in [0.05, 0.1) is 11.4 Å². The van der Waals surface area contributed by atoms with Crippen molar-refractivity contribution >= 4 is 16.3 Å². The summed E-state index contributed by atoms with van der Waals surface area (Å²) in [5.74, 6) is 0. The van der Waals surface area contributed by atoms with E-state index in [4.69, 9.17) is 0 Å². The highest BCUT2D eigenvalue weighted by molar-refractivity contribution is 7.15. The van der Waals surface area contributed by atoms with Gasteiger partial charge in [-0.15, -0.1) is 11.3 Å². The van der Waals surface area contributed by atoms with Gasteiger partial charge in [-0.05, 0) is 34.1 Å². The molecular formula is C13H21N3S. The summed E-state index contributed by atoms with van der Waals surface area (Å²) in [5.41, 5.74) is 3.89. The number of hydrogen-bond donors (Lipinski definition) is 1. The van der Waals surface area contributed by atoms with Gasteiger partial charge in [0.1, 0.15) is 0 Å². The van der Waals surface area contributed by atoms with Crippen LogP contribution in [0.25, 0.3) is 4.96 Å². The molecule has 94 valence electrons. The summed E-state index contributed by atoms with van der Waals surface area (Å²) in [6.45, 7) is 11.8. The van der Waals surface area contributed by atoms with E-state index in [1.807, 2.05) is 0 Å². The summed E-state index contributed by atoms with van der Waals surface area (Å²) in [6, 6.07) is 0. The predicted octanol–water partition coefficient (Wildman–Crippen LogP) is 3.29. The first-order valence-electron chi connectivity index (χ1n) is 6.11. The van der Waals surface area contributed by atoms with Crippen LogP contribution in [0.15, 0.2) is 5.38 Å². The minimum absolute atomic E-state index is 0.181. The number of nitrogens with zero attached hydrogens (tertiary/aromatic N) is 2. The van der Waals surface area contributed by atoms with Gasteiger partial charge in [-0.3, -0.25) is 4.40 Å². The second-order valence-corrected chi connectivity index (χ2v) is 6.07. The minimum atomic E-state index is 0.181. The lowest BCUT2D eigenvalue weighted by Crippen LogP contribution is -2.38. The average Bonchev–Trinajstić information content (AvgIpc) is 2.77. The fourth-order valence-electron chi connectivity index (χ4n) is 1.82. The van der Waals surface area contributed by atoms with Crippen molar-refractivity contribution in [3.8, 4) is 0 Å². The summed E-state index contributed by atoms with van der Waals surface area (Å²) in [4.78, 5) is 5.70. The number of aryl methyl sites for hydroxylation is 2. The van der Waals surface area contributed by atoms with Gasteiger partial charge >= 0.3 is 0 Å². The molecule has 0 saturated carbocycles. The molecule has 0 unspecified atom stereocenters. The zero-order chi connectivity index (χ0) is 12.6. The zero-order valence-electron chi connectivity index (χ0n) is 11.3. The lowest BCUT2D eigenvalue weighted by molar-refractivity contribution is 0.371. The van der Waals surface area contributed by atoms with Gasteiger partial charge in [-0.2, -0.15) is 0 Å². The first kappa shape index (κ1) is 12.6. The summed E-state index contributed by atoms with van der Waals surface area (Å²) in [5, 5.41) is 5.77. The van der Waals surface area contributed by atoms with Gasteiger partial charge in [-0.25, -0.2) is 4.98 Å². The molecule has 2 rings (SSSR count). The first-order chi connectivity index (χ1) is 7.94. The molecule has 0 aromatic carbocycles. The van der Waals surface area contributed by atoms with Crippen molar-refractivity contribution in [1.29, 1.82) is 0 Å². The van der Waals surface area contributed by atoms with Gasteiger partial charge in [0.25, 0.3) is 0 Å². The van der Waals surface area contributed by atoms with Crippen molar-refractivity contribution in [2.45, 2.75) is 53.1 Å². The lowest BCUT2D eigenvalue weighted by Gasteiger charge is -2.24. The Labute approximate surface area is 107 Å². The van der Waals surface area contributed by atoms with E-state index in [2.05, 4.69) is 54.7 Å². The standard InChI is InChI=1S/C13H21N3S/c1-6-13(4,5)14-7-11-10(3)15-12-16(11)9(2)8-17-12/h8,14H,6-7H2,1-5H3. The second kappa shape index (κ2) is 4.42. The van der Waals surface area contributed by atoms with E-state index in [1.54, 1.807) is 11.3 Å². The maximum atomic E-state index is 4.60. The third-order valence-corrected chi connectivity index (χ3v) is 4.39. The summed E-state index contributed by atoms with van der Waals surface area (Å²) >= 11 is 1.71. The van der Waals surface area contributed by atoms with Crippen LogP contribution >= 0.6 is 11.3 Å². The molecule has 0 radical (unpaired) electrons. The number of nitrogens with one attached hydrogen (secondary N) is 1. The van der Waals surface area contributed by atoms with Crippen molar-refractivity contribution < 1.29 is 0 Å². The first-order valence-corrected chi connectivity index (χ1v) is 6.99. The molecule has 0 amide bonds. The molecule has 3 nitrogen and oxygen atoms in total. The van der Waals surface area contributed by atoms with E-state index >= 15 is 0 Å². The Kier molecular flexibility index (Phi) is 3.27. The van der Waals surface area contributed by atoms with Gasteiger partial charge < -0.3 is 5.32 Å². The lowest BCUT2D eigenvalue weighted by atomic mass is 10.0. The molecular weight excluding hydrogens is 230 g/mol. The zero-order valence-corrected chi connectivity index (χ0v) is 12.1. The van der Waals surface area contributed by atoms with Gasteiger partial charge in [-0.1, -0.05) is 6.92 Å². The van der Waals surface area contributed by atoms with E-state index < -0.39 is 0 Å². The number of fused-ring (bicyclic) bond motifs is 1. The fourth-order valence-corrected chi connectivity index (χ4v) is 2.75.